The van der Waals surface area contributed by atoms with Gasteiger partial charge in [-0.05, 0) is 19.3 Å². The van der Waals surface area contributed by atoms with Gasteiger partial charge in [-0.3, -0.25) is 9.59 Å². The van der Waals surface area contributed by atoms with Crippen molar-refractivity contribution in [2.75, 3.05) is 4.90 Å². The number of amides is 2. The number of anilines is 1. The topological polar surface area (TPSA) is 63.4 Å². The summed E-state index contributed by atoms with van der Waals surface area (Å²) in [5.41, 5.74) is 0. The fourth-order valence-electron chi connectivity index (χ4n) is 2.83. The van der Waals surface area contributed by atoms with Gasteiger partial charge in [-0.2, -0.15) is 0 Å². The highest BCUT2D eigenvalue weighted by molar-refractivity contribution is 6.21. The van der Waals surface area contributed by atoms with Crippen molar-refractivity contribution in [1.29, 1.82) is 0 Å². The molecule has 0 N–H and O–H groups in total. The molecule has 2 aliphatic rings. The Morgan fingerprint density at radius 3 is 2.78 bits per heavy atom. The lowest BCUT2D eigenvalue weighted by Crippen LogP contribution is -2.31. The van der Waals surface area contributed by atoms with Crippen molar-refractivity contribution in [3.63, 3.8) is 0 Å². The van der Waals surface area contributed by atoms with E-state index in [1.165, 1.54) is 4.90 Å². The van der Waals surface area contributed by atoms with Crippen molar-refractivity contribution >= 4 is 17.6 Å². The van der Waals surface area contributed by atoms with Crippen LogP contribution in [0.15, 0.2) is 22.7 Å². The maximum absolute atomic E-state index is 12.4. The minimum atomic E-state index is -0.250. The van der Waals surface area contributed by atoms with Crippen molar-refractivity contribution in [3.05, 3.63) is 24.0 Å². The fourth-order valence-corrected chi connectivity index (χ4v) is 2.83. The number of imide groups is 1. The number of carbonyl (C=O) groups excluding carboxylic acids is 2. The van der Waals surface area contributed by atoms with Crippen molar-refractivity contribution < 1.29 is 14.1 Å². The third-order valence-corrected chi connectivity index (χ3v) is 3.72. The Morgan fingerprint density at radius 2 is 2.17 bits per heavy atom. The number of fused-ring (bicyclic) bond motifs is 1. The number of nitrogens with zero attached hydrogens (tertiary/aromatic N) is 2. The van der Waals surface area contributed by atoms with Gasteiger partial charge in [-0.15, -0.1) is 0 Å². The molecular weight excluding hydrogens is 232 g/mol. The molecule has 3 atom stereocenters. The summed E-state index contributed by atoms with van der Waals surface area (Å²) in [7, 11) is 0. The maximum atomic E-state index is 12.4. The average molecular weight is 246 g/mol. The van der Waals surface area contributed by atoms with Crippen LogP contribution in [0.1, 0.15) is 19.1 Å². The normalized spacial score (nSPS) is 31.0. The van der Waals surface area contributed by atoms with E-state index in [0.29, 0.717) is 18.0 Å². The molecular formula is C13H14N2O3. The molecule has 0 spiro atoms. The molecule has 1 aromatic heterocycles. The van der Waals surface area contributed by atoms with Crippen LogP contribution < -0.4 is 4.90 Å². The molecule has 5 heteroatoms. The molecule has 2 heterocycles. The SMILES string of the molecule is Cc1cc(N2C(=O)[C@@H]3[C@H](C)C=CC[C@H]3C2=O)no1. The van der Waals surface area contributed by atoms with Crippen LogP contribution in [0.4, 0.5) is 5.82 Å². The molecule has 1 aliphatic heterocycles. The predicted octanol–water partition coefficient (Wildman–Crippen LogP) is 1.68. The third-order valence-electron chi connectivity index (χ3n) is 3.72. The molecule has 1 fully saturated rings. The first-order valence-electron chi connectivity index (χ1n) is 6.07. The van der Waals surface area contributed by atoms with Gasteiger partial charge < -0.3 is 4.52 Å². The summed E-state index contributed by atoms with van der Waals surface area (Å²) in [6.45, 7) is 3.70. The van der Waals surface area contributed by atoms with E-state index in [1.54, 1.807) is 13.0 Å². The molecule has 0 saturated carbocycles. The van der Waals surface area contributed by atoms with E-state index in [9.17, 15) is 9.59 Å². The molecule has 1 aromatic rings. The van der Waals surface area contributed by atoms with E-state index in [2.05, 4.69) is 5.16 Å². The van der Waals surface area contributed by atoms with Gasteiger partial charge in [-0.1, -0.05) is 24.2 Å². The number of allylic oxidation sites excluding steroid dienone is 2. The lowest BCUT2D eigenvalue weighted by molar-refractivity contribution is -0.122. The predicted molar refractivity (Wildman–Crippen MR) is 63.6 cm³/mol. The van der Waals surface area contributed by atoms with E-state index in [1.807, 2.05) is 19.1 Å². The molecule has 0 bridgehead atoms. The lowest BCUT2D eigenvalue weighted by atomic mass is 9.78. The Morgan fingerprint density at radius 1 is 1.39 bits per heavy atom. The van der Waals surface area contributed by atoms with Crippen LogP contribution in [0, 0.1) is 24.7 Å². The number of hydrogen-bond acceptors (Lipinski definition) is 4. The van der Waals surface area contributed by atoms with Gasteiger partial charge in [0.15, 0.2) is 5.82 Å². The van der Waals surface area contributed by atoms with Crippen LogP contribution in [-0.2, 0) is 9.59 Å². The van der Waals surface area contributed by atoms with Crippen molar-refractivity contribution in [1.82, 2.24) is 5.16 Å². The Labute approximate surface area is 104 Å². The standard InChI is InChI=1S/C13H14N2O3/c1-7-4-3-5-9-11(7)13(17)15(12(9)16)10-6-8(2)18-14-10/h3-4,6-7,9,11H,5H2,1-2H3/t7-,9-,11-/m1/s1. The first kappa shape index (κ1) is 11.2. The molecule has 1 aliphatic carbocycles. The summed E-state index contributed by atoms with van der Waals surface area (Å²) in [5.74, 6) is 0.188. The zero-order valence-corrected chi connectivity index (χ0v) is 10.3. The molecule has 1 saturated heterocycles. The van der Waals surface area contributed by atoms with E-state index < -0.39 is 0 Å². The summed E-state index contributed by atoms with van der Waals surface area (Å²) in [6.07, 6.45) is 4.62. The van der Waals surface area contributed by atoms with Crippen molar-refractivity contribution in [2.24, 2.45) is 17.8 Å². The van der Waals surface area contributed by atoms with Gasteiger partial charge in [0.2, 0.25) is 11.8 Å². The zero-order valence-electron chi connectivity index (χ0n) is 10.3. The van der Waals surface area contributed by atoms with Gasteiger partial charge in [0.25, 0.3) is 0 Å². The van der Waals surface area contributed by atoms with Crippen LogP contribution in [0.2, 0.25) is 0 Å². The second-order valence-electron chi connectivity index (χ2n) is 4.96. The Balaban J connectivity index is 1.99. The molecule has 0 unspecified atom stereocenters. The maximum Gasteiger partial charge on any atom is 0.239 e. The number of aromatic nitrogens is 1. The minimum absolute atomic E-state index is 0.0956. The number of hydrogen-bond donors (Lipinski definition) is 0. The Bertz CT molecular complexity index is 546. The van der Waals surface area contributed by atoms with Crippen LogP contribution in [-0.4, -0.2) is 17.0 Å². The average Bonchev–Trinajstić information content (AvgIpc) is 2.84. The fraction of sp³-hybridized carbons (Fsp3) is 0.462. The molecule has 18 heavy (non-hydrogen) atoms. The quantitative estimate of drug-likeness (QED) is 0.558. The van der Waals surface area contributed by atoms with E-state index >= 15 is 0 Å². The second kappa shape index (κ2) is 3.80. The highest BCUT2D eigenvalue weighted by Crippen LogP contribution is 2.40. The number of carbonyl (C=O) groups is 2. The van der Waals surface area contributed by atoms with E-state index in [-0.39, 0.29) is 29.6 Å². The van der Waals surface area contributed by atoms with Crippen molar-refractivity contribution in [2.45, 2.75) is 20.3 Å². The molecule has 0 radical (unpaired) electrons. The largest absolute Gasteiger partial charge is 0.360 e. The van der Waals surface area contributed by atoms with E-state index in [4.69, 9.17) is 4.52 Å². The summed E-state index contributed by atoms with van der Waals surface area (Å²) in [4.78, 5) is 25.8. The van der Waals surface area contributed by atoms with Gasteiger partial charge in [0.05, 0.1) is 11.8 Å². The van der Waals surface area contributed by atoms with Crippen LogP contribution in [0.3, 0.4) is 0 Å². The van der Waals surface area contributed by atoms with Crippen LogP contribution in [0.5, 0.6) is 0 Å². The van der Waals surface area contributed by atoms with Gasteiger partial charge in [0, 0.05) is 6.07 Å². The molecule has 94 valence electrons. The summed E-state index contributed by atoms with van der Waals surface area (Å²) < 4.78 is 4.94. The summed E-state index contributed by atoms with van der Waals surface area (Å²) in [5, 5.41) is 3.77. The van der Waals surface area contributed by atoms with Gasteiger partial charge in [0.1, 0.15) is 5.76 Å². The van der Waals surface area contributed by atoms with Gasteiger partial charge >= 0.3 is 0 Å². The highest BCUT2D eigenvalue weighted by atomic mass is 16.5. The lowest BCUT2D eigenvalue weighted by Gasteiger charge is -2.22. The van der Waals surface area contributed by atoms with Crippen LogP contribution >= 0.6 is 0 Å². The molecule has 0 aromatic carbocycles. The Kier molecular flexibility index (Phi) is 2.36. The molecule has 2 amide bonds. The van der Waals surface area contributed by atoms with Crippen molar-refractivity contribution in [3.8, 4) is 0 Å². The molecule has 5 nitrogen and oxygen atoms in total. The van der Waals surface area contributed by atoms with E-state index in [0.717, 1.165) is 0 Å². The first-order valence-corrected chi connectivity index (χ1v) is 6.07. The zero-order chi connectivity index (χ0) is 12.9. The summed E-state index contributed by atoms with van der Waals surface area (Å²) >= 11 is 0. The Hall–Kier alpha value is -1.91. The second-order valence-corrected chi connectivity index (χ2v) is 4.96. The number of rotatable bonds is 1. The number of aryl methyl sites for hydroxylation is 1. The molecule has 3 rings (SSSR count). The van der Waals surface area contributed by atoms with Gasteiger partial charge in [-0.25, -0.2) is 4.90 Å². The van der Waals surface area contributed by atoms with Crippen LogP contribution in [0.25, 0.3) is 0 Å². The monoisotopic (exact) mass is 246 g/mol. The first-order chi connectivity index (χ1) is 8.59. The summed E-state index contributed by atoms with van der Waals surface area (Å²) in [6, 6.07) is 1.62. The minimum Gasteiger partial charge on any atom is -0.360 e. The smallest absolute Gasteiger partial charge is 0.239 e. The third kappa shape index (κ3) is 1.43. The highest BCUT2D eigenvalue weighted by Gasteiger charge is 2.51.